The molecule has 1 N–H and O–H groups in total. The number of hydrogen-bond donors (Lipinski definition) is 1. The fourth-order valence-electron chi connectivity index (χ4n) is 3.44. The van der Waals surface area contributed by atoms with E-state index >= 15 is 0 Å². The highest BCUT2D eigenvalue weighted by Gasteiger charge is 2.18. The van der Waals surface area contributed by atoms with Gasteiger partial charge in [-0.25, -0.2) is 4.39 Å². The van der Waals surface area contributed by atoms with E-state index in [1.165, 1.54) is 17.8 Å². The van der Waals surface area contributed by atoms with Gasteiger partial charge in [-0.15, -0.1) is 10.2 Å². The predicted molar refractivity (Wildman–Crippen MR) is 134 cm³/mol. The summed E-state index contributed by atoms with van der Waals surface area (Å²) in [5.41, 5.74) is 3.54. The standard InChI is InChI=1S/C26H26FN5OS/c1-31(2)21-14-12-19(13-15-21)16-28-24(33)18-34-26-30-29-25(22-10-6-7-11-23(22)27)32(26)17-20-8-4-3-5-9-20/h3-15H,16-18H2,1-2H3,(H,28,33). The van der Waals surface area contributed by atoms with E-state index in [0.717, 1.165) is 16.8 Å². The highest BCUT2D eigenvalue weighted by atomic mass is 32.2. The van der Waals surface area contributed by atoms with Crippen molar-refractivity contribution < 1.29 is 9.18 Å². The first-order chi connectivity index (χ1) is 16.5. The first-order valence-corrected chi connectivity index (χ1v) is 11.9. The number of nitrogens with one attached hydrogen (secondary N) is 1. The van der Waals surface area contributed by atoms with Crippen molar-refractivity contribution in [1.29, 1.82) is 0 Å². The number of nitrogens with zero attached hydrogens (tertiary/aromatic N) is 4. The summed E-state index contributed by atoms with van der Waals surface area (Å²) in [6, 6.07) is 24.4. The Balaban J connectivity index is 1.45. The van der Waals surface area contributed by atoms with Crippen LogP contribution in [0.2, 0.25) is 0 Å². The van der Waals surface area contributed by atoms with Gasteiger partial charge in [-0.1, -0.05) is 66.4 Å². The van der Waals surface area contributed by atoms with Crippen LogP contribution in [0.1, 0.15) is 11.1 Å². The van der Waals surface area contributed by atoms with E-state index in [0.29, 0.717) is 29.6 Å². The quantitative estimate of drug-likeness (QED) is 0.358. The molecule has 0 unspecified atom stereocenters. The summed E-state index contributed by atoms with van der Waals surface area (Å²) in [7, 11) is 3.98. The van der Waals surface area contributed by atoms with Gasteiger partial charge in [0, 0.05) is 26.3 Å². The Labute approximate surface area is 202 Å². The molecule has 0 radical (unpaired) electrons. The Bertz CT molecular complexity index is 1240. The minimum atomic E-state index is -0.362. The molecule has 1 aromatic heterocycles. The molecule has 0 aliphatic carbocycles. The van der Waals surface area contributed by atoms with Crippen LogP contribution in [0.15, 0.2) is 84.0 Å². The Hall–Kier alpha value is -3.65. The molecule has 1 amide bonds. The summed E-state index contributed by atoms with van der Waals surface area (Å²) in [6.07, 6.45) is 0. The predicted octanol–water partition coefficient (Wildman–Crippen LogP) is 4.61. The molecule has 4 aromatic rings. The smallest absolute Gasteiger partial charge is 0.230 e. The van der Waals surface area contributed by atoms with Crippen LogP contribution >= 0.6 is 11.8 Å². The van der Waals surface area contributed by atoms with Crippen LogP contribution in [0.3, 0.4) is 0 Å². The molecule has 0 bridgehead atoms. The van der Waals surface area contributed by atoms with Crippen molar-refractivity contribution in [2.24, 2.45) is 0 Å². The molecule has 0 saturated heterocycles. The Kier molecular flexibility index (Phi) is 7.59. The lowest BCUT2D eigenvalue weighted by molar-refractivity contribution is -0.118. The number of carbonyl (C=O) groups excluding carboxylic acids is 1. The minimum absolute atomic E-state index is 0.108. The SMILES string of the molecule is CN(C)c1ccc(CNC(=O)CSc2nnc(-c3ccccc3F)n2Cc2ccccc2)cc1. The van der Waals surface area contributed by atoms with E-state index in [-0.39, 0.29) is 17.5 Å². The van der Waals surface area contributed by atoms with Crippen LogP contribution in [-0.2, 0) is 17.9 Å². The topological polar surface area (TPSA) is 63.1 Å². The lowest BCUT2D eigenvalue weighted by Crippen LogP contribution is -2.24. The third-order valence-electron chi connectivity index (χ3n) is 5.29. The highest BCUT2D eigenvalue weighted by molar-refractivity contribution is 7.99. The monoisotopic (exact) mass is 475 g/mol. The third kappa shape index (κ3) is 5.82. The van der Waals surface area contributed by atoms with Crippen molar-refractivity contribution in [3.8, 4) is 11.4 Å². The zero-order valence-electron chi connectivity index (χ0n) is 19.1. The van der Waals surface area contributed by atoms with Crippen LogP contribution in [0.25, 0.3) is 11.4 Å². The van der Waals surface area contributed by atoms with Gasteiger partial charge in [-0.3, -0.25) is 9.36 Å². The first kappa shape index (κ1) is 23.5. The van der Waals surface area contributed by atoms with Crippen LogP contribution in [-0.4, -0.2) is 40.5 Å². The summed E-state index contributed by atoms with van der Waals surface area (Å²) in [6.45, 7) is 0.921. The fraction of sp³-hybridized carbons (Fsp3) is 0.192. The third-order valence-corrected chi connectivity index (χ3v) is 6.26. The molecule has 1 heterocycles. The Morgan fingerprint density at radius 2 is 1.65 bits per heavy atom. The van der Waals surface area contributed by atoms with Gasteiger partial charge in [-0.2, -0.15) is 0 Å². The number of anilines is 1. The number of thioether (sulfide) groups is 1. The van der Waals surface area contributed by atoms with Crippen LogP contribution in [0, 0.1) is 5.82 Å². The van der Waals surface area contributed by atoms with Gasteiger partial charge in [0.2, 0.25) is 5.91 Å². The maximum atomic E-state index is 14.5. The number of benzene rings is 3. The van der Waals surface area contributed by atoms with Gasteiger partial charge in [0.1, 0.15) is 5.82 Å². The Morgan fingerprint density at radius 1 is 0.941 bits per heavy atom. The molecule has 6 nitrogen and oxygen atoms in total. The number of aromatic nitrogens is 3. The first-order valence-electron chi connectivity index (χ1n) is 10.9. The summed E-state index contributed by atoms with van der Waals surface area (Å²) in [5.74, 6) is 0.146. The van der Waals surface area contributed by atoms with Crippen LogP contribution in [0.4, 0.5) is 10.1 Å². The zero-order valence-corrected chi connectivity index (χ0v) is 19.9. The second kappa shape index (κ2) is 11.0. The molecular weight excluding hydrogens is 449 g/mol. The number of amides is 1. The van der Waals surface area contributed by atoms with Crippen molar-refractivity contribution in [3.05, 3.63) is 95.8 Å². The number of halogens is 1. The van der Waals surface area contributed by atoms with Gasteiger partial charge in [0.15, 0.2) is 11.0 Å². The Morgan fingerprint density at radius 3 is 2.35 bits per heavy atom. The van der Waals surface area contributed by atoms with E-state index in [1.54, 1.807) is 18.2 Å². The molecule has 3 aromatic carbocycles. The average Bonchev–Trinajstić information content (AvgIpc) is 3.24. The maximum Gasteiger partial charge on any atom is 0.230 e. The van der Waals surface area contributed by atoms with Gasteiger partial charge >= 0.3 is 0 Å². The van der Waals surface area contributed by atoms with Crippen molar-refractivity contribution in [3.63, 3.8) is 0 Å². The van der Waals surface area contributed by atoms with Gasteiger partial charge < -0.3 is 10.2 Å². The number of rotatable bonds is 9. The summed E-state index contributed by atoms with van der Waals surface area (Å²) in [5, 5.41) is 12.0. The zero-order chi connectivity index (χ0) is 23.9. The molecule has 0 saturated carbocycles. The molecule has 8 heteroatoms. The van der Waals surface area contributed by atoms with E-state index in [2.05, 4.69) is 15.5 Å². The van der Waals surface area contributed by atoms with Crippen molar-refractivity contribution >= 4 is 23.4 Å². The maximum absolute atomic E-state index is 14.5. The molecule has 0 fully saturated rings. The van der Waals surface area contributed by atoms with E-state index < -0.39 is 0 Å². The highest BCUT2D eigenvalue weighted by Crippen LogP contribution is 2.27. The molecule has 0 spiro atoms. The molecule has 34 heavy (non-hydrogen) atoms. The molecule has 0 atom stereocenters. The van der Waals surface area contributed by atoms with Crippen LogP contribution in [0.5, 0.6) is 0 Å². The number of hydrogen-bond acceptors (Lipinski definition) is 5. The summed E-state index contributed by atoms with van der Waals surface area (Å²) in [4.78, 5) is 14.5. The van der Waals surface area contributed by atoms with Gasteiger partial charge in [0.25, 0.3) is 0 Å². The fourth-order valence-corrected chi connectivity index (χ4v) is 4.21. The molecule has 4 rings (SSSR count). The lowest BCUT2D eigenvalue weighted by Gasteiger charge is -2.13. The van der Waals surface area contributed by atoms with Crippen molar-refractivity contribution in [2.45, 2.75) is 18.2 Å². The molecule has 0 aliphatic rings. The second-order valence-electron chi connectivity index (χ2n) is 7.98. The van der Waals surface area contributed by atoms with E-state index in [9.17, 15) is 9.18 Å². The number of carbonyl (C=O) groups is 1. The molecule has 0 aliphatic heterocycles. The van der Waals surface area contributed by atoms with E-state index in [4.69, 9.17) is 0 Å². The average molecular weight is 476 g/mol. The second-order valence-corrected chi connectivity index (χ2v) is 8.93. The van der Waals surface area contributed by atoms with Gasteiger partial charge in [0.05, 0.1) is 17.9 Å². The minimum Gasteiger partial charge on any atom is -0.378 e. The van der Waals surface area contributed by atoms with E-state index in [1.807, 2.05) is 78.2 Å². The lowest BCUT2D eigenvalue weighted by atomic mass is 10.2. The van der Waals surface area contributed by atoms with Crippen LogP contribution < -0.4 is 10.2 Å². The molecular formula is C26H26FN5OS. The van der Waals surface area contributed by atoms with Crippen molar-refractivity contribution in [1.82, 2.24) is 20.1 Å². The van der Waals surface area contributed by atoms with Crippen molar-refractivity contribution in [2.75, 3.05) is 24.7 Å². The van der Waals surface area contributed by atoms with Gasteiger partial charge in [-0.05, 0) is 35.4 Å². The normalized spacial score (nSPS) is 10.8. The summed E-state index contributed by atoms with van der Waals surface area (Å²) >= 11 is 1.29. The summed E-state index contributed by atoms with van der Waals surface area (Å²) < 4.78 is 16.3. The largest absolute Gasteiger partial charge is 0.378 e. The molecule has 174 valence electrons.